The summed E-state index contributed by atoms with van der Waals surface area (Å²) in [5, 5.41) is 0. The first-order valence-corrected chi connectivity index (χ1v) is 7.55. The quantitative estimate of drug-likeness (QED) is 0.819. The Morgan fingerprint density at radius 2 is 2.32 bits per heavy atom. The van der Waals surface area contributed by atoms with Gasteiger partial charge in [0.2, 0.25) is 5.91 Å². The third-order valence-electron chi connectivity index (χ3n) is 3.94. The molecule has 106 valence electrons. The summed E-state index contributed by atoms with van der Waals surface area (Å²) < 4.78 is 2.27. The van der Waals surface area contributed by atoms with Crippen molar-refractivity contribution < 1.29 is 4.79 Å². The Bertz CT molecular complexity index is 413. The van der Waals surface area contributed by atoms with E-state index in [9.17, 15) is 4.79 Å². The third-order valence-corrected chi connectivity index (χ3v) is 3.94. The Balaban J connectivity index is 2.04. The van der Waals surface area contributed by atoms with E-state index in [1.807, 2.05) is 18.0 Å². The molecule has 2 heterocycles. The summed E-state index contributed by atoms with van der Waals surface area (Å²) in [6, 6.07) is 0. The highest BCUT2D eigenvalue weighted by atomic mass is 16.2. The van der Waals surface area contributed by atoms with Crippen molar-refractivity contribution in [3.8, 4) is 0 Å². The number of imidazole rings is 1. The monoisotopic (exact) mass is 263 g/mol. The lowest BCUT2D eigenvalue weighted by Crippen LogP contribution is -2.39. The number of carbonyl (C=O) groups is 1. The molecule has 1 aromatic heterocycles. The molecule has 0 aliphatic carbocycles. The van der Waals surface area contributed by atoms with Crippen molar-refractivity contribution in [1.82, 2.24) is 14.5 Å². The predicted octanol–water partition coefficient (Wildman–Crippen LogP) is 2.80. The average Bonchev–Trinajstić information content (AvgIpc) is 2.92. The van der Waals surface area contributed by atoms with Crippen molar-refractivity contribution >= 4 is 5.91 Å². The molecule has 19 heavy (non-hydrogen) atoms. The van der Waals surface area contributed by atoms with Crippen LogP contribution in [0.15, 0.2) is 12.4 Å². The van der Waals surface area contributed by atoms with Gasteiger partial charge in [0.25, 0.3) is 0 Å². The van der Waals surface area contributed by atoms with Gasteiger partial charge in [-0.15, -0.1) is 0 Å². The molecule has 1 aliphatic rings. The molecular weight excluding hydrogens is 238 g/mol. The Hall–Kier alpha value is -1.32. The van der Waals surface area contributed by atoms with Gasteiger partial charge < -0.3 is 9.47 Å². The van der Waals surface area contributed by atoms with Gasteiger partial charge in [0.05, 0.1) is 0 Å². The Kier molecular flexibility index (Phi) is 5.00. The van der Waals surface area contributed by atoms with E-state index in [0.29, 0.717) is 12.3 Å². The molecule has 1 atom stereocenters. The number of carbonyl (C=O) groups excluding carboxylic acids is 1. The van der Waals surface area contributed by atoms with E-state index in [1.165, 1.54) is 18.7 Å². The van der Waals surface area contributed by atoms with Crippen LogP contribution < -0.4 is 0 Å². The number of likely N-dealkylation sites (tertiary alicyclic amines) is 1. The Labute approximate surface area is 115 Å². The summed E-state index contributed by atoms with van der Waals surface area (Å²) in [5.41, 5.74) is 0. The van der Waals surface area contributed by atoms with Gasteiger partial charge in [0.1, 0.15) is 5.82 Å². The maximum atomic E-state index is 11.8. The van der Waals surface area contributed by atoms with Crippen LogP contribution in [0.5, 0.6) is 0 Å². The highest BCUT2D eigenvalue weighted by Crippen LogP contribution is 2.26. The standard InChI is InChI=1S/C15H25N3O/c1-3-5-9-17-11-8-16-15(17)13-7-6-10-18(12-13)14(19)4-2/h8,11,13H,3-7,9-10,12H2,1-2H3/t13-/m0/s1. The number of nitrogens with zero attached hydrogens (tertiary/aromatic N) is 3. The van der Waals surface area contributed by atoms with Gasteiger partial charge in [-0.05, 0) is 19.3 Å². The minimum absolute atomic E-state index is 0.274. The van der Waals surface area contributed by atoms with Crippen LogP contribution in [0.25, 0.3) is 0 Å². The Morgan fingerprint density at radius 1 is 1.47 bits per heavy atom. The lowest BCUT2D eigenvalue weighted by Gasteiger charge is -2.32. The lowest BCUT2D eigenvalue weighted by atomic mass is 9.97. The van der Waals surface area contributed by atoms with E-state index in [2.05, 4.69) is 22.7 Å². The van der Waals surface area contributed by atoms with Crippen LogP contribution in [-0.2, 0) is 11.3 Å². The first-order chi connectivity index (χ1) is 9.26. The summed E-state index contributed by atoms with van der Waals surface area (Å²) >= 11 is 0. The third kappa shape index (κ3) is 3.37. The number of hydrogen-bond donors (Lipinski definition) is 0. The molecule has 1 aliphatic heterocycles. The van der Waals surface area contributed by atoms with Crippen molar-refractivity contribution in [3.05, 3.63) is 18.2 Å². The van der Waals surface area contributed by atoms with Crippen molar-refractivity contribution in [2.45, 2.75) is 58.4 Å². The minimum atomic E-state index is 0.274. The van der Waals surface area contributed by atoms with E-state index >= 15 is 0 Å². The topological polar surface area (TPSA) is 38.1 Å². The molecule has 0 spiro atoms. The second kappa shape index (κ2) is 6.73. The number of amides is 1. The minimum Gasteiger partial charge on any atom is -0.342 e. The van der Waals surface area contributed by atoms with E-state index in [4.69, 9.17) is 0 Å². The van der Waals surface area contributed by atoms with Crippen LogP contribution >= 0.6 is 0 Å². The smallest absolute Gasteiger partial charge is 0.222 e. The summed E-state index contributed by atoms with van der Waals surface area (Å²) in [5.74, 6) is 1.86. The molecule has 0 unspecified atom stereocenters. The van der Waals surface area contributed by atoms with Crippen LogP contribution in [0.1, 0.15) is 57.7 Å². The molecule has 0 saturated carbocycles. The first kappa shape index (κ1) is 14.1. The molecular formula is C15H25N3O. The number of rotatable bonds is 5. The predicted molar refractivity (Wildman–Crippen MR) is 76.0 cm³/mol. The van der Waals surface area contributed by atoms with E-state index in [1.54, 1.807) is 0 Å². The molecule has 4 heteroatoms. The van der Waals surface area contributed by atoms with Gasteiger partial charge in [0, 0.05) is 44.4 Å². The molecule has 1 amide bonds. The van der Waals surface area contributed by atoms with Crippen molar-refractivity contribution in [2.75, 3.05) is 13.1 Å². The molecule has 0 radical (unpaired) electrons. The van der Waals surface area contributed by atoms with Crippen LogP contribution in [0, 0.1) is 0 Å². The largest absolute Gasteiger partial charge is 0.342 e. The highest BCUT2D eigenvalue weighted by Gasteiger charge is 2.26. The van der Waals surface area contributed by atoms with Crippen molar-refractivity contribution in [3.63, 3.8) is 0 Å². The molecule has 4 nitrogen and oxygen atoms in total. The number of piperidine rings is 1. The second-order valence-corrected chi connectivity index (χ2v) is 5.36. The van der Waals surface area contributed by atoms with Crippen molar-refractivity contribution in [1.29, 1.82) is 0 Å². The van der Waals surface area contributed by atoms with E-state index in [0.717, 1.165) is 32.5 Å². The van der Waals surface area contributed by atoms with E-state index in [-0.39, 0.29) is 5.91 Å². The zero-order chi connectivity index (χ0) is 13.7. The molecule has 0 N–H and O–H groups in total. The first-order valence-electron chi connectivity index (χ1n) is 7.55. The van der Waals surface area contributed by atoms with Crippen LogP contribution in [-0.4, -0.2) is 33.4 Å². The van der Waals surface area contributed by atoms with Crippen LogP contribution in [0.4, 0.5) is 0 Å². The number of hydrogen-bond acceptors (Lipinski definition) is 2. The van der Waals surface area contributed by atoms with Gasteiger partial charge in [-0.3, -0.25) is 4.79 Å². The van der Waals surface area contributed by atoms with Crippen LogP contribution in [0.3, 0.4) is 0 Å². The summed E-state index contributed by atoms with van der Waals surface area (Å²) in [6.45, 7) is 6.95. The SMILES string of the molecule is CCCCn1ccnc1[C@H]1CCCN(C(=O)CC)C1. The summed E-state index contributed by atoms with van der Waals surface area (Å²) in [6.07, 6.45) is 9.21. The molecule has 0 bridgehead atoms. The van der Waals surface area contributed by atoms with Crippen molar-refractivity contribution in [2.24, 2.45) is 0 Å². The fourth-order valence-electron chi connectivity index (χ4n) is 2.84. The number of aromatic nitrogens is 2. The zero-order valence-corrected chi connectivity index (χ0v) is 12.1. The van der Waals surface area contributed by atoms with Gasteiger partial charge >= 0.3 is 0 Å². The fraction of sp³-hybridized carbons (Fsp3) is 0.733. The zero-order valence-electron chi connectivity index (χ0n) is 12.1. The molecule has 1 fully saturated rings. The highest BCUT2D eigenvalue weighted by molar-refractivity contribution is 5.75. The second-order valence-electron chi connectivity index (χ2n) is 5.36. The van der Waals surface area contributed by atoms with Gasteiger partial charge in [0.15, 0.2) is 0 Å². The van der Waals surface area contributed by atoms with Crippen LogP contribution in [0.2, 0.25) is 0 Å². The molecule has 0 aromatic carbocycles. The van der Waals surface area contributed by atoms with E-state index < -0.39 is 0 Å². The Morgan fingerprint density at radius 3 is 3.05 bits per heavy atom. The van der Waals surface area contributed by atoms with Gasteiger partial charge in [-0.25, -0.2) is 4.98 Å². The molecule has 1 aromatic rings. The molecule has 2 rings (SSSR count). The molecule has 1 saturated heterocycles. The van der Waals surface area contributed by atoms with Gasteiger partial charge in [-0.1, -0.05) is 20.3 Å². The number of unbranched alkanes of at least 4 members (excludes halogenated alkanes) is 1. The summed E-state index contributed by atoms with van der Waals surface area (Å²) in [4.78, 5) is 18.4. The average molecular weight is 263 g/mol. The normalized spacial score (nSPS) is 19.7. The fourth-order valence-corrected chi connectivity index (χ4v) is 2.84. The lowest BCUT2D eigenvalue weighted by molar-refractivity contribution is -0.132. The maximum absolute atomic E-state index is 11.8. The maximum Gasteiger partial charge on any atom is 0.222 e. The number of aryl methyl sites for hydroxylation is 1. The van der Waals surface area contributed by atoms with Gasteiger partial charge in [-0.2, -0.15) is 0 Å². The summed E-state index contributed by atoms with van der Waals surface area (Å²) in [7, 11) is 0.